The Morgan fingerprint density at radius 1 is 1.38 bits per heavy atom. The predicted octanol–water partition coefficient (Wildman–Crippen LogP) is 2.90. The number of halogens is 1. The molecule has 0 saturated heterocycles. The highest BCUT2D eigenvalue weighted by molar-refractivity contribution is 5.24. The van der Waals surface area contributed by atoms with Crippen LogP contribution in [0.4, 0.5) is 4.39 Å². The maximum atomic E-state index is 12.5. The van der Waals surface area contributed by atoms with E-state index in [9.17, 15) is 4.39 Å². The van der Waals surface area contributed by atoms with Crippen LogP contribution in [0.1, 0.15) is 32.4 Å². The Bertz CT molecular complexity index is 273. The summed E-state index contributed by atoms with van der Waals surface area (Å²) in [5.74, 6) is 0.868. The van der Waals surface area contributed by atoms with E-state index in [0.717, 1.165) is 5.69 Å². The number of pyridine rings is 1. The van der Waals surface area contributed by atoms with Crippen LogP contribution in [0.3, 0.4) is 0 Å². The van der Waals surface area contributed by atoms with Crippen molar-refractivity contribution in [1.82, 2.24) is 4.98 Å². The van der Waals surface area contributed by atoms with Crippen LogP contribution in [0, 0.1) is 0 Å². The Hall–Kier alpha value is -1.12. The van der Waals surface area contributed by atoms with E-state index in [2.05, 4.69) is 4.98 Å². The third-order valence-corrected chi connectivity index (χ3v) is 1.64. The van der Waals surface area contributed by atoms with Gasteiger partial charge >= 0.3 is 0 Å². The van der Waals surface area contributed by atoms with Gasteiger partial charge in [-0.25, -0.2) is 4.39 Å². The van der Waals surface area contributed by atoms with E-state index < -0.39 is 6.36 Å². The molecule has 0 radical (unpaired) electrons. The summed E-state index contributed by atoms with van der Waals surface area (Å²) in [4.78, 5) is 4.14. The van der Waals surface area contributed by atoms with Gasteiger partial charge in [0.15, 0.2) is 0 Å². The van der Waals surface area contributed by atoms with Crippen molar-refractivity contribution < 1.29 is 9.13 Å². The molecule has 0 amide bonds. The van der Waals surface area contributed by atoms with E-state index in [1.807, 2.05) is 13.8 Å². The van der Waals surface area contributed by atoms with Crippen molar-refractivity contribution >= 4 is 0 Å². The molecule has 72 valence electrons. The van der Waals surface area contributed by atoms with E-state index in [0.29, 0.717) is 11.7 Å². The lowest BCUT2D eigenvalue weighted by Crippen LogP contribution is -2.04. The molecule has 0 aliphatic rings. The summed E-state index contributed by atoms with van der Waals surface area (Å²) in [6.45, 7) is 5.42. The van der Waals surface area contributed by atoms with Crippen molar-refractivity contribution in [3.63, 3.8) is 0 Å². The summed E-state index contributed by atoms with van der Waals surface area (Å²) in [5, 5.41) is 0. The zero-order chi connectivity index (χ0) is 9.84. The molecule has 2 nitrogen and oxygen atoms in total. The normalized spacial score (nSPS) is 13.0. The van der Waals surface area contributed by atoms with E-state index in [4.69, 9.17) is 4.74 Å². The maximum absolute atomic E-state index is 12.5. The van der Waals surface area contributed by atoms with Gasteiger partial charge in [0.25, 0.3) is 0 Å². The number of alkyl halides is 1. The van der Waals surface area contributed by atoms with Gasteiger partial charge in [0.2, 0.25) is 6.36 Å². The van der Waals surface area contributed by atoms with E-state index >= 15 is 0 Å². The summed E-state index contributed by atoms with van der Waals surface area (Å²) < 4.78 is 17.4. The fourth-order valence-corrected chi connectivity index (χ4v) is 1.00. The Kier molecular flexibility index (Phi) is 3.23. The first-order chi connectivity index (χ1) is 6.09. The molecule has 1 atom stereocenters. The summed E-state index contributed by atoms with van der Waals surface area (Å²) in [6.07, 6.45) is 0.356. The molecule has 1 aromatic heterocycles. The molecular formula is C10H14FNO. The lowest BCUT2D eigenvalue weighted by atomic mass is 10.1. The van der Waals surface area contributed by atoms with Crippen molar-refractivity contribution in [2.75, 3.05) is 0 Å². The van der Waals surface area contributed by atoms with Crippen molar-refractivity contribution in [1.29, 1.82) is 0 Å². The molecule has 0 N–H and O–H groups in total. The van der Waals surface area contributed by atoms with Crippen molar-refractivity contribution in [2.45, 2.75) is 33.0 Å². The van der Waals surface area contributed by atoms with Crippen LogP contribution in [-0.2, 0) is 0 Å². The summed E-state index contributed by atoms with van der Waals surface area (Å²) in [7, 11) is 0. The highest BCUT2D eigenvalue weighted by Crippen LogP contribution is 2.18. The molecule has 0 spiro atoms. The third-order valence-electron chi connectivity index (χ3n) is 1.64. The Balaban J connectivity index is 2.79. The van der Waals surface area contributed by atoms with Gasteiger partial charge in [-0.05, 0) is 12.0 Å². The van der Waals surface area contributed by atoms with Gasteiger partial charge in [-0.3, -0.25) is 4.98 Å². The number of hydrogen-bond donors (Lipinski definition) is 0. The van der Waals surface area contributed by atoms with Crippen LogP contribution < -0.4 is 4.74 Å². The molecular weight excluding hydrogens is 169 g/mol. The van der Waals surface area contributed by atoms with Crippen LogP contribution in [0.5, 0.6) is 5.75 Å². The Morgan fingerprint density at radius 2 is 2.08 bits per heavy atom. The summed E-state index contributed by atoms with van der Waals surface area (Å²) >= 11 is 0. The quantitative estimate of drug-likeness (QED) is 0.718. The SMILES string of the molecule is CC(F)Oc1ccnc(C(C)C)c1. The molecule has 1 rings (SSSR count). The van der Waals surface area contributed by atoms with Crippen LogP contribution in [0.25, 0.3) is 0 Å². The fraction of sp³-hybridized carbons (Fsp3) is 0.500. The highest BCUT2D eigenvalue weighted by Gasteiger charge is 2.04. The third kappa shape index (κ3) is 3.01. The number of hydrogen-bond acceptors (Lipinski definition) is 2. The molecule has 3 heteroatoms. The van der Waals surface area contributed by atoms with Gasteiger partial charge in [0, 0.05) is 24.9 Å². The molecule has 0 aliphatic carbocycles. The van der Waals surface area contributed by atoms with E-state index in [-0.39, 0.29) is 0 Å². The number of rotatable bonds is 3. The van der Waals surface area contributed by atoms with Crippen LogP contribution in [0.2, 0.25) is 0 Å². The van der Waals surface area contributed by atoms with Crippen LogP contribution in [-0.4, -0.2) is 11.3 Å². The first-order valence-corrected chi connectivity index (χ1v) is 4.36. The standard InChI is InChI=1S/C10H14FNO/c1-7(2)10-6-9(4-5-12-10)13-8(3)11/h4-8H,1-3H3. The molecule has 0 bridgehead atoms. The number of aromatic nitrogens is 1. The average Bonchev–Trinajstić information content (AvgIpc) is 2.03. The molecule has 1 unspecified atom stereocenters. The monoisotopic (exact) mass is 183 g/mol. The van der Waals surface area contributed by atoms with Crippen LogP contribution in [0.15, 0.2) is 18.3 Å². The minimum absolute atomic E-state index is 0.332. The van der Waals surface area contributed by atoms with Crippen molar-refractivity contribution in [3.05, 3.63) is 24.0 Å². The Morgan fingerprint density at radius 3 is 2.62 bits per heavy atom. The first kappa shape index (κ1) is 9.96. The largest absolute Gasteiger partial charge is 0.461 e. The highest BCUT2D eigenvalue weighted by atomic mass is 19.1. The molecule has 0 saturated carbocycles. The van der Waals surface area contributed by atoms with Crippen molar-refractivity contribution in [3.8, 4) is 5.75 Å². The summed E-state index contributed by atoms with van der Waals surface area (Å²) in [5.41, 5.74) is 0.915. The minimum atomic E-state index is -1.28. The number of nitrogens with zero attached hydrogens (tertiary/aromatic N) is 1. The lowest BCUT2D eigenvalue weighted by molar-refractivity contribution is 0.0858. The van der Waals surface area contributed by atoms with E-state index in [1.165, 1.54) is 6.92 Å². The zero-order valence-corrected chi connectivity index (χ0v) is 8.12. The van der Waals surface area contributed by atoms with Gasteiger partial charge in [-0.2, -0.15) is 0 Å². The first-order valence-electron chi connectivity index (χ1n) is 4.36. The van der Waals surface area contributed by atoms with Crippen LogP contribution >= 0.6 is 0 Å². The zero-order valence-electron chi connectivity index (χ0n) is 8.12. The second kappa shape index (κ2) is 4.21. The predicted molar refractivity (Wildman–Crippen MR) is 49.5 cm³/mol. The van der Waals surface area contributed by atoms with E-state index in [1.54, 1.807) is 18.3 Å². The van der Waals surface area contributed by atoms with Gasteiger partial charge < -0.3 is 4.74 Å². The Labute approximate surface area is 77.8 Å². The second-order valence-electron chi connectivity index (χ2n) is 3.23. The second-order valence-corrected chi connectivity index (χ2v) is 3.23. The molecule has 1 heterocycles. The topological polar surface area (TPSA) is 22.1 Å². The average molecular weight is 183 g/mol. The minimum Gasteiger partial charge on any atom is -0.461 e. The fourth-order valence-electron chi connectivity index (χ4n) is 1.00. The van der Waals surface area contributed by atoms with Gasteiger partial charge in [-0.15, -0.1) is 0 Å². The molecule has 13 heavy (non-hydrogen) atoms. The molecule has 0 fully saturated rings. The smallest absolute Gasteiger partial charge is 0.235 e. The van der Waals surface area contributed by atoms with Gasteiger partial charge in [0.05, 0.1) is 0 Å². The summed E-state index contributed by atoms with van der Waals surface area (Å²) in [6, 6.07) is 3.42. The van der Waals surface area contributed by atoms with Gasteiger partial charge in [-0.1, -0.05) is 13.8 Å². The lowest BCUT2D eigenvalue weighted by Gasteiger charge is -2.09. The molecule has 1 aromatic rings. The maximum Gasteiger partial charge on any atom is 0.235 e. The molecule has 0 aromatic carbocycles. The number of ether oxygens (including phenoxy) is 1. The van der Waals surface area contributed by atoms with Crippen molar-refractivity contribution in [2.24, 2.45) is 0 Å². The van der Waals surface area contributed by atoms with Gasteiger partial charge in [0.1, 0.15) is 5.75 Å². The molecule has 0 aliphatic heterocycles.